The molecular weight excluding hydrogens is 326 g/mol. The standard InChI is InChI=1S/C20H25N5O/c1-13-15-5-3-4-6-16(15)23-18(22-13)9-11-21-20(26)17-8-7-14-10-12-25(2)19(14)24-17/h7-8H,3-6,9-12H2,1-2H3,(H,21,26). The lowest BCUT2D eigenvalue weighted by molar-refractivity contribution is 0.0949. The van der Waals surface area contributed by atoms with Crippen LogP contribution in [0.2, 0.25) is 0 Å². The second-order valence-corrected chi connectivity index (χ2v) is 7.21. The molecule has 3 heterocycles. The van der Waals surface area contributed by atoms with Gasteiger partial charge >= 0.3 is 0 Å². The van der Waals surface area contributed by atoms with E-state index in [1.807, 2.05) is 19.2 Å². The van der Waals surface area contributed by atoms with Crippen molar-refractivity contribution in [1.82, 2.24) is 20.3 Å². The highest BCUT2D eigenvalue weighted by atomic mass is 16.1. The maximum Gasteiger partial charge on any atom is 0.269 e. The number of hydrogen-bond donors (Lipinski definition) is 1. The summed E-state index contributed by atoms with van der Waals surface area (Å²) in [6.07, 6.45) is 6.22. The molecule has 1 aliphatic heterocycles. The van der Waals surface area contributed by atoms with E-state index in [-0.39, 0.29) is 5.91 Å². The lowest BCUT2D eigenvalue weighted by atomic mass is 9.95. The predicted molar refractivity (Wildman–Crippen MR) is 101 cm³/mol. The molecule has 1 N–H and O–H groups in total. The first-order valence-corrected chi connectivity index (χ1v) is 9.46. The molecule has 136 valence electrons. The Morgan fingerprint density at radius 2 is 2.00 bits per heavy atom. The summed E-state index contributed by atoms with van der Waals surface area (Å²) in [5.41, 5.74) is 5.31. The fourth-order valence-corrected chi connectivity index (χ4v) is 3.86. The highest BCUT2D eigenvalue weighted by molar-refractivity contribution is 5.92. The normalized spacial score (nSPS) is 15.5. The van der Waals surface area contributed by atoms with Gasteiger partial charge in [-0.2, -0.15) is 0 Å². The van der Waals surface area contributed by atoms with Gasteiger partial charge in [0.15, 0.2) is 0 Å². The third-order valence-electron chi connectivity index (χ3n) is 5.34. The summed E-state index contributed by atoms with van der Waals surface area (Å²) in [5, 5.41) is 2.95. The average Bonchev–Trinajstić information content (AvgIpc) is 3.02. The number of fused-ring (bicyclic) bond motifs is 2. The number of aryl methyl sites for hydroxylation is 2. The van der Waals surface area contributed by atoms with E-state index in [1.54, 1.807) is 0 Å². The van der Waals surface area contributed by atoms with Crippen molar-refractivity contribution in [2.75, 3.05) is 25.0 Å². The van der Waals surface area contributed by atoms with Crippen LogP contribution in [0.4, 0.5) is 5.82 Å². The van der Waals surface area contributed by atoms with Crippen LogP contribution in [0.1, 0.15) is 51.7 Å². The van der Waals surface area contributed by atoms with Gasteiger partial charge in [0, 0.05) is 37.9 Å². The van der Waals surface area contributed by atoms with Gasteiger partial charge in [-0.25, -0.2) is 15.0 Å². The van der Waals surface area contributed by atoms with Gasteiger partial charge in [-0.3, -0.25) is 4.79 Å². The van der Waals surface area contributed by atoms with E-state index >= 15 is 0 Å². The Balaban J connectivity index is 1.38. The Labute approximate surface area is 154 Å². The second-order valence-electron chi connectivity index (χ2n) is 7.21. The van der Waals surface area contributed by atoms with E-state index in [9.17, 15) is 4.79 Å². The molecule has 4 rings (SSSR count). The minimum absolute atomic E-state index is 0.136. The van der Waals surface area contributed by atoms with Gasteiger partial charge in [0.2, 0.25) is 0 Å². The molecule has 0 bridgehead atoms. The quantitative estimate of drug-likeness (QED) is 0.912. The van der Waals surface area contributed by atoms with Crippen LogP contribution < -0.4 is 10.2 Å². The van der Waals surface area contributed by atoms with E-state index < -0.39 is 0 Å². The Bertz CT molecular complexity index is 848. The molecule has 2 aromatic heterocycles. The molecule has 2 aliphatic rings. The third-order valence-corrected chi connectivity index (χ3v) is 5.34. The van der Waals surface area contributed by atoms with Gasteiger partial charge in [-0.15, -0.1) is 0 Å². The molecule has 0 radical (unpaired) electrons. The van der Waals surface area contributed by atoms with E-state index in [0.717, 1.165) is 43.1 Å². The molecule has 1 aliphatic carbocycles. The van der Waals surface area contributed by atoms with E-state index in [2.05, 4.69) is 27.1 Å². The van der Waals surface area contributed by atoms with Crippen molar-refractivity contribution in [3.63, 3.8) is 0 Å². The van der Waals surface area contributed by atoms with Gasteiger partial charge in [0.1, 0.15) is 17.3 Å². The highest BCUT2D eigenvalue weighted by Gasteiger charge is 2.19. The summed E-state index contributed by atoms with van der Waals surface area (Å²) in [5.74, 6) is 1.61. The summed E-state index contributed by atoms with van der Waals surface area (Å²) in [7, 11) is 2.01. The van der Waals surface area contributed by atoms with Crippen LogP contribution in [0.15, 0.2) is 12.1 Å². The number of anilines is 1. The number of nitrogens with one attached hydrogen (secondary N) is 1. The van der Waals surface area contributed by atoms with Crippen LogP contribution >= 0.6 is 0 Å². The molecule has 6 heteroatoms. The van der Waals surface area contributed by atoms with Crippen molar-refractivity contribution in [3.8, 4) is 0 Å². The van der Waals surface area contributed by atoms with E-state index in [1.165, 1.54) is 29.7 Å². The molecule has 0 atom stereocenters. The smallest absolute Gasteiger partial charge is 0.269 e. The summed E-state index contributed by atoms with van der Waals surface area (Å²) in [4.78, 5) is 28.4. The maximum atomic E-state index is 12.4. The van der Waals surface area contributed by atoms with Crippen molar-refractivity contribution in [3.05, 3.63) is 46.2 Å². The molecule has 0 unspecified atom stereocenters. The lowest BCUT2D eigenvalue weighted by Gasteiger charge is -2.17. The minimum atomic E-state index is -0.136. The summed E-state index contributed by atoms with van der Waals surface area (Å²) in [6, 6.07) is 3.82. The summed E-state index contributed by atoms with van der Waals surface area (Å²) < 4.78 is 0. The number of hydrogen-bond acceptors (Lipinski definition) is 5. The zero-order chi connectivity index (χ0) is 18.1. The molecule has 1 amide bonds. The number of nitrogens with zero attached hydrogens (tertiary/aromatic N) is 4. The largest absolute Gasteiger partial charge is 0.359 e. The number of aromatic nitrogens is 3. The number of carbonyl (C=O) groups is 1. The molecule has 26 heavy (non-hydrogen) atoms. The zero-order valence-corrected chi connectivity index (χ0v) is 15.5. The van der Waals surface area contributed by atoms with Crippen LogP contribution in [0.3, 0.4) is 0 Å². The van der Waals surface area contributed by atoms with Crippen LogP contribution in [0, 0.1) is 6.92 Å². The highest BCUT2D eigenvalue weighted by Crippen LogP contribution is 2.24. The summed E-state index contributed by atoms with van der Waals surface area (Å²) >= 11 is 0. The van der Waals surface area contributed by atoms with Crippen LogP contribution in [0.5, 0.6) is 0 Å². The first kappa shape index (κ1) is 16.9. The average molecular weight is 351 g/mol. The molecule has 6 nitrogen and oxygen atoms in total. The zero-order valence-electron chi connectivity index (χ0n) is 15.5. The SMILES string of the molecule is Cc1nc(CCNC(=O)c2ccc3c(n2)N(C)CC3)nc2c1CCCC2. The van der Waals surface area contributed by atoms with Crippen LogP contribution in [0.25, 0.3) is 0 Å². The van der Waals surface area contributed by atoms with Gasteiger partial charge in [-0.05, 0) is 56.2 Å². The van der Waals surface area contributed by atoms with Crippen molar-refractivity contribution in [2.45, 2.75) is 45.4 Å². The third kappa shape index (κ3) is 3.28. The Morgan fingerprint density at radius 3 is 2.88 bits per heavy atom. The molecule has 0 fully saturated rings. The Kier molecular flexibility index (Phi) is 4.57. The second kappa shape index (κ2) is 7.02. The first-order valence-electron chi connectivity index (χ1n) is 9.46. The predicted octanol–water partition coefficient (Wildman–Crippen LogP) is 2.02. The fraction of sp³-hybridized carbons (Fsp3) is 0.500. The van der Waals surface area contributed by atoms with Crippen molar-refractivity contribution in [1.29, 1.82) is 0 Å². The van der Waals surface area contributed by atoms with Crippen LogP contribution in [-0.4, -0.2) is 41.0 Å². The molecule has 2 aromatic rings. The summed E-state index contributed by atoms with van der Waals surface area (Å²) in [6.45, 7) is 3.55. The van der Waals surface area contributed by atoms with Gasteiger partial charge in [0.05, 0.1) is 0 Å². The Morgan fingerprint density at radius 1 is 1.15 bits per heavy atom. The molecule has 0 aromatic carbocycles. The molecule has 0 spiro atoms. The van der Waals surface area contributed by atoms with Gasteiger partial charge < -0.3 is 10.2 Å². The van der Waals surface area contributed by atoms with Crippen molar-refractivity contribution in [2.24, 2.45) is 0 Å². The van der Waals surface area contributed by atoms with Crippen LogP contribution in [-0.2, 0) is 25.7 Å². The lowest BCUT2D eigenvalue weighted by Crippen LogP contribution is -2.27. The topological polar surface area (TPSA) is 71.0 Å². The molecule has 0 saturated carbocycles. The number of rotatable bonds is 4. The monoisotopic (exact) mass is 351 g/mol. The minimum Gasteiger partial charge on any atom is -0.359 e. The fourth-order valence-electron chi connectivity index (χ4n) is 3.86. The number of likely N-dealkylation sites (N-methyl/N-ethyl adjacent to an activating group) is 1. The molecule has 0 saturated heterocycles. The van der Waals surface area contributed by atoms with Crippen molar-refractivity contribution < 1.29 is 4.79 Å². The van der Waals surface area contributed by atoms with Gasteiger partial charge in [0.25, 0.3) is 5.91 Å². The van der Waals surface area contributed by atoms with E-state index in [0.29, 0.717) is 18.7 Å². The Hall–Kier alpha value is -2.50. The first-order chi connectivity index (χ1) is 12.6. The maximum absolute atomic E-state index is 12.4. The van der Waals surface area contributed by atoms with Gasteiger partial charge in [-0.1, -0.05) is 6.07 Å². The van der Waals surface area contributed by atoms with Crippen molar-refractivity contribution >= 4 is 11.7 Å². The number of carbonyl (C=O) groups excluding carboxylic acids is 1. The van der Waals surface area contributed by atoms with E-state index in [4.69, 9.17) is 4.98 Å². The number of pyridine rings is 1. The molecular formula is C20H25N5O. The number of amides is 1.